The molecule has 0 aliphatic carbocycles. The van der Waals surface area contributed by atoms with Crippen LogP contribution in [0.5, 0.6) is 0 Å². The summed E-state index contributed by atoms with van der Waals surface area (Å²) in [5.74, 6) is 0.772. The molecular weight excluding hydrogens is 206 g/mol. The molecule has 104 valence electrons. The number of nitrogens with two attached hydrogens (primary N) is 1. The third kappa shape index (κ3) is 10.8. The minimum absolute atomic E-state index is 0.391. The highest BCUT2D eigenvalue weighted by molar-refractivity contribution is 4.69. The average molecular weight is 241 g/mol. The summed E-state index contributed by atoms with van der Waals surface area (Å²) in [5, 5.41) is 0. The topological polar surface area (TPSA) is 26.0 Å². The SMILES string of the molecule is CCCCCCCC(CCCCCC)C(C)N. The molecule has 0 aliphatic rings. The molecule has 0 rings (SSSR count). The summed E-state index contributed by atoms with van der Waals surface area (Å²) in [7, 11) is 0. The van der Waals surface area contributed by atoms with Crippen LogP contribution >= 0.6 is 0 Å². The molecule has 0 aliphatic heterocycles. The monoisotopic (exact) mass is 241 g/mol. The lowest BCUT2D eigenvalue weighted by Crippen LogP contribution is -2.26. The van der Waals surface area contributed by atoms with E-state index in [1.807, 2.05) is 0 Å². The van der Waals surface area contributed by atoms with Crippen molar-refractivity contribution in [1.82, 2.24) is 0 Å². The van der Waals surface area contributed by atoms with Crippen molar-refractivity contribution in [3.8, 4) is 0 Å². The van der Waals surface area contributed by atoms with Crippen LogP contribution in [0.4, 0.5) is 0 Å². The first-order valence-electron chi connectivity index (χ1n) is 7.97. The Balaban J connectivity index is 3.53. The van der Waals surface area contributed by atoms with Crippen LogP contribution in [0.1, 0.15) is 91.4 Å². The van der Waals surface area contributed by atoms with E-state index >= 15 is 0 Å². The highest BCUT2D eigenvalue weighted by atomic mass is 14.6. The number of hydrogen-bond acceptors (Lipinski definition) is 1. The van der Waals surface area contributed by atoms with Crippen LogP contribution in [-0.4, -0.2) is 6.04 Å². The number of rotatable bonds is 12. The van der Waals surface area contributed by atoms with E-state index in [1.54, 1.807) is 0 Å². The Hall–Kier alpha value is -0.0400. The van der Waals surface area contributed by atoms with E-state index in [0.717, 1.165) is 5.92 Å². The summed E-state index contributed by atoms with van der Waals surface area (Å²) < 4.78 is 0. The second kappa shape index (κ2) is 12.4. The van der Waals surface area contributed by atoms with Gasteiger partial charge in [0, 0.05) is 6.04 Å². The van der Waals surface area contributed by atoms with Crippen LogP contribution in [-0.2, 0) is 0 Å². The van der Waals surface area contributed by atoms with Crippen LogP contribution in [0.25, 0.3) is 0 Å². The second-order valence-electron chi connectivity index (χ2n) is 5.67. The van der Waals surface area contributed by atoms with Gasteiger partial charge in [0.25, 0.3) is 0 Å². The van der Waals surface area contributed by atoms with Gasteiger partial charge in [-0.1, -0.05) is 71.6 Å². The predicted octanol–water partition coefficient (Wildman–Crippen LogP) is 5.28. The van der Waals surface area contributed by atoms with Gasteiger partial charge in [-0.3, -0.25) is 0 Å². The molecule has 1 nitrogen and oxygen atoms in total. The maximum absolute atomic E-state index is 6.09. The molecule has 0 amide bonds. The zero-order chi connectivity index (χ0) is 12.9. The molecule has 0 aromatic heterocycles. The van der Waals surface area contributed by atoms with E-state index in [2.05, 4.69) is 20.8 Å². The Labute approximate surface area is 110 Å². The van der Waals surface area contributed by atoms with E-state index in [4.69, 9.17) is 5.73 Å². The quantitative estimate of drug-likeness (QED) is 0.462. The molecular formula is C16H35N. The number of hydrogen-bond donors (Lipinski definition) is 1. The largest absolute Gasteiger partial charge is 0.328 e. The minimum atomic E-state index is 0.391. The molecule has 0 saturated heterocycles. The summed E-state index contributed by atoms with van der Waals surface area (Å²) in [6.45, 7) is 6.74. The third-order valence-corrected chi connectivity index (χ3v) is 3.85. The van der Waals surface area contributed by atoms with E-state index in [1.165, 1.54) is 70.6 Å². The fourth-order valence-corrected chi connectivity index (χ4v) is 2.51. The van der Waals surface area contributed by atoms with E-state index in [9.17, 15) is 0 Å². The van der Waals surface area contributed by atoms with Gasteiger partial charge < -0.3 is 5.73 Å². The molecule has 0 aromatic carbocycles. The Kier molecular flexibility index (Phi) is 12.4. The first-order valence-corrected chi connectivity index (χ1v) is 7.97. The zero-order valence-corrected chi connectivity index (χ0v) is 12.5. The van der Waals surface area contributed by atoms with E-state index < -0.39 is 0 Å². The van der Waals surface area contributed by atoms with Crippen molar-refractivity contribution in [3.05, 3.63) is 0 Å². The summed E-state index contributed by atoms with van der Waals surface area (Å²) in [6.07, 6.45) is 15.2. The molecule has 0 saturated carbocycles. The molecule has 0 heterocycles. The van der Waals surface area contributed by atoms with Crippen molar-refractivity contribution >= 4 is 0 Å². The van der Waals surface area contributed by atoms with Gasteiger partial charge in [-0.05, 0) is 25.7 Å². The van der Waals surface area contributed by atoms with Crippen molar-refractivity contribution in [2.75, 3.05) is 0 Å². The van der Waals surface area contributed by atoms with Gasteiger partial charge in [-0.2, -0.15) is 0 Å². The molecule has 0 radical (unpaired) electrons. The lowest BCUT2D eigenvalue weighted by molar-refractivity contribution is 0.355. The van der Waals surface area contributed by atoms with E-state index in [-0.39, 0.29) is 0 Å². The second-order valence-corrected chi connectivity index (χ2v) is 5.67. The fraction of sp³-hybridized carbons (Fsp3) is 1.00. The lowest BCUT2D eigenvalue weighted by atomic mass is 9.89. The molecule has 2 atom stereocenters. The number of unbranched alkanes of at least 4 members (excludes halogenated alkanes) is 7. The van der Waals surface area contributed by atoms with Crippen LogP contribution in [0.2, 0.25) is 0 Å². The van der Waals surface area contributed by atoms with Crippen LogP contribution < -0.4 is 5.73 Å². The van der Waals surface area contributed by atoms with Crippen molar-refractivity contribution in [3.63, 3.8) is 0 Å². The Morgan fingerprint density at radius 3 is 1.53 bits per heavy atom. The normalized spacial score (nSPS) is 14.8. The standard InChI is InChI=1S/C16H35N/c1-4-6-8-10-12-14-16(15(3)17)13-11-9-7-5-2/h15-16H,4-14,17H2,1-3H3. The molecule has 2 N–H and O–H groups in total. The predicted molar refractivity (Wildman–Crippen MR) is 79.3 cm³/mol. The van der Waals surface area contributed by atoms with Gasteiger partial charge in [-0.15, -0.1) is 0 Å². The maximum atomic E-state index is 6.09. The Bertz CT molecular complexity index is 142. The Morgan fingerprint density at radius 2 is 1.12 bits per heavy atom. The summed E-state index contributed by atoms with van der Waals surface area (Å²) in [6, 6.07) is 0.391. The maximum Gasteiger partial charge on any atom is 0.00387 e. The van der Waals surface area contributed by atoms with Gasteiger partial charge in [0.05, 0.1) is 0 Å². The molecule has 0 bridgehead atoms. The van der Waals surface area contributed by atoms with Gasteiger partial charge in [-0.25, -0.2) is 0 Å². The Morgan fingerprint density at radius 1 is 0.706 bits per heavy atom. The molecule has 0 spiro atoms. The molecule has 17 heavy (non-hydrogen) atoms. The first kappa shape index (κ1) is 17.0. The van der Waals surface area contributed by atoms with Crippen LogP contribution in [0.3, 0.4) is 0 Å². The lowest BCUT2D eigenvalue weighted by Gasteiger charge is -2.20. The smallest absolute Gasteiger partial charge is 0.00387 e. The molecule has 0 aromatic rings. The average Bonchev–Trinajstić information content (AvgIpc) is 2.31. The van der Waals surface area contributed by atoms with Gasteiger partial charge in [0.15, 0.2) is 0 Å². The summed E-state index contributed by atoms with van der Waals surface area (Å²) >= 11 is 0. The third-order valence-electron chi connectivity index (χ3n) is 3.85. The van der Waals surface area contributed by atoms with Crippen LogP contribution in [0, 0.1) is 5.92 Å². The summed E-state index contributed by atoms with van der Waals surface area (Å²) in [5.41, 5.74) is 6.09. The van der Waals surface area contributed by atoms with Gasteiger partial charge in [0.1, 0.15) is 0 Å². The van der Waals surface area contributed by atoms with Crippen molar-refractivity contribution in [2.45, 2.75) is 97.4 Å². The molecule has 0 fully saturated rings. The minimum Gasteiger partial charge on any atom is -0.328 e. The fourth-order valence-electron chi connectivity index (χ4n) is 2.51. The first-order chi connectivity index (χ1) is 8.22. The highest BCUT2D eigenvalue weighted by Crippen LogP contribution is 2.20. The summed E-state index contributed by atoms with van der Waals surface area (Å²) in [4.78, 5) is 0. The highest BCUT2D eigenvalue weighted by Gasteiger charge is 2.12. The molecule has 2 unspecified atom stereocenters. The van der Waals surface area contributed by atoms with Crippen molar-refractivity contribution < 1.29 is 0 Å². The zero-order valence-electron chi connectivity index (χ0n) is 12.5. The van der Waals surface area contributed by atoms with Crippen LogP contribution in [0.15, 0.2) is 0 Å². The molecule has 1 heteroatoms. The van der Waals surface area contributed by atoms with E-state index in [0.29, 0.717) is 6.04 Å². The van der Waals surface area contributed by atoms with Gasteiger partial charge >= 0.3 is 0 Å². The van der Waals surface area contributed by atoms with Crippen molar-refractivity contribution in [2.24, 2.45) is 11.7 Å². The van der Waals surface area contributed by atoms with Gasteiger partial charge in [0.2, 0.25) is 0 Å². The van der Waals surface area contributed by atoms with Crippen molar-refractivity contribution in [1.29, 1.82) is 0 Å².